The Morgan fingerprint density at radius 3 is 2.59 bits per heavy atom. The second-order valence-electron chi connectivity index (χ2n) is 8.17. The topological polar surface area (TPSA) is 53.1 Å². The van der Waals surface area contributed by atoms with Crippen LogP contribution in [-0.4, -0.2) is 66.8 Å². The summed E-state index contributed by atoms with van der Waals surface area (Å²) >= 11 is 1.93. The van der Waals surface area contributed by atoms with Crippen LogP contribution in [0.3, 0.4) is 0 Å². The maximum Gasteiger partial charge on any atom is 0.325 e. The Labute approximate surface area is 194 Å². The average molecular weight is 454 g/mol. The molecule has 2 saturated heterocycles. The Morgan fingerprint density at radius 1 is 1.06 bits per heavy atom. The van der Waals surface area contributed by atoms with E-state index < -0.39 is 0 Å². The zero-order valence-corrected chi connectivity index (χ0v) is 19.6. The summed E-state index contributed by atoms with van der Waals surface area (Å²) in [6.45, 7) is 7.46. The lowest BCUT2D eigenvalue weighted by molar-refractivity contribution is -0.131. The maximum atomic E-state index is 13.0. The smallest absolute Gasteiger partial charge is 0.325 e. The number of anilines is 1. The lowest BCUT2D eigenvalue weighted by atomic mass is 10.0. The molecular weight excluding hydrogens is 422 g/mol. The van der Waals surface area contributed by atoms with E-state index in [4.69, 9.17) is 4.74 Å². The van der Waals surface area contributed by atoms with Gasteiger partial charge < -0.3 is 14.5 Å². The summed E-state index contributed by atoms with van der Waals surface area (Å²) in [5.41, 5.74) is 3.51. The summed E-state index contributed by atoms with van der Waals surface area (Å²) in [7, 11) is 0. The quantitative estimate of drug-likeness (QED) is 0.653. The van der Waals surface area contributed by atoms with Gasteiger partial charge in [0.25, 0.3) is 0 Å². The van der Waals surface area contributed by atoms with E-state index in [1.807, 2.05) is 47.9 Å². The summed E-state index contributed by atoms with van der Waals surface area (Å²) in [5.74, 6) is 1.74. The number of carbonyl (C=O) groups is 2. The first kappa shape index (κ1) is 22.5. The van der Waals surface area contributed by atoms with Crippen molar-refractivity contribution in [2.45, 2.75) is 25.5 Å². The van der Waals surface area contributed by atoms with Gasteiger partial charge in [-0.15, -0.1) is 0 Å². The Morgan fingerprint density at radius 2 is 1.84 bits per heavy atom. The van der Waals surface area contributed by atoms with E-state index >= 15 is 0 Å². The molecule has 0 spiro atoms. The van der Waals surface area contributed by atoms with Gasteiger partial charge in [-0.25, -0.2) is 4.79 Å². The molecule has 0 aromatic heterocycles. The highest BCUT2D eigenvalue weighted by molar-refractivity contribution is 7.99. The van der Waals surface area contributed by atoms with E-state index in [0.717, 1.165) is 36.7 Å². The number of thioether (sulfide) groups is 1. The van der Waals surface area contributed by atoms with E-state index in [0.29, 0.717) is 24.9 Å². The van der Waals surface area contributed by atoms with Gasteiger partial charge >= 0.3 is 6.03 Å². The molecule has 2 heterocycles. The molecule has 1 atom stereocenters. The largest absolute Gasteiger partial charge is 0.494 e. The third-order valence-corrected chi connectivity index (χ3v) is 7.42. The van der Waals surface area contributed by atoms with Gasteiger partial charge in [0.1, 0.15) is 12.3 Å². The number of hydrogen-bond donors (Lipinski definition) is 0. The molecule has 4 rings (SSSR count). The number of aryl methyl sites for hydroxylation is 1. The first-order chi connectivity index (χ1) is 15.6. The van der Waals surface area contributed by atoms with Crippen LogP contribution < -0.4 is 9.64 Å². The van der Waals surface area contributed by atoms with Gasteiger partial charge in [-0.1, -0.05) is 24.3 Å². The predicted molar refractivity (Wildman–Crippen MR) is 130 cm³/mol. The van der Waals surface area contributed by atoms with Crippen molar-refractivity contribution in [2.24, 2.45) is 0 Å². The van der Waals surface area contributed by atoms with Crippen molar-refractivity contribution in [2.75, 3.05) is 50.0 Å². The maximum absolute atomic E-state index is 13.0. The minimum Gasteiger partial charge on any atom is -0.494 e. The van der Waals surface area contributed by atoms with Crippen molar-refractivity contribution >= 4 is 29.4 Å². The van der Waals surface area contributed by atoms with Crippen LogP contribution >= 0.6 is 11.8 Å². The van der Waals surface area contributed by atoms with Crippen molar-refractivity contribution in [1.82, 2.24) is 9.80 Å². The molecule has 0 bridgehead atoms. The first-order valence-corrected chi connectivity index (χ1v) is 12.4. The van der Waals surface area contributed by atoms with Crippen molar-refractivity contribution in [3.05, 3.63) is 59.7 Å². The number of nitrogens with zero attached hydrogens (tertiary/aromatic N) is 3. The lowest BCUT2D eigenvalue weighted by Gasteiger charge is -2.24. The molecule has 0 radical (unpaired) electrons. The highest BCUT2D eigenvalue weighted by atomic mass is 32.2. The average Bonchev–Trinajstić information content (AvgIpc) is 3.00. The molecule has 0 aliphatic carbocycles. The van der Waals surface area contributed by atoms with Gasteiger partial charge in [0.15, 0.2) is 0 Å². The molecule has 3 amide bonds. The molecular formula is C25H31N3O3S. The molecule has 0 N–H and O–H groups in total. The van der Waals surface area contributed by atoms with Gasteiger partial charge in [0, 0.05) is 42.9 Å². The predicted octanol–water partition coefficient (Wildman–Crippen LogP) is 4.34. The monoisotopic (exact) mass is 453 g/mol. The van der Waals surface area contributed by atoms with Gasteiger partial charge in [-0.3, -0.25) is 9.69 Å². The van der Waals surface area contributed by atoms with Crippen LogP contribution in [0.1, 0.15) is 29.7 Å². The second-order valence-corrected chi connectivity index (χ2v) is 9.48. The van der Waals surface area contributed by atoms with Gasteiger partial charge in [0.2, 0.25) is 5.91 Å². The Bertz CT molecular complexity index is 950. The first-order valence-electron chi connectivity index (χ1n) is 11.3. The highest BCUT2D eigenvalue weighted by Gasteiger charge is 2.32. The highest BCUT2D eigenvalue weighted by Crippen LogP contribution is 2.36. The van der Waals surface area contributed by atoms with E-state index in [1.165, 1.54) is 11.1 Å². The molecule has 2 aromatic carbocycles. The SMILES string of the molecule is CCOc1ccc(N2CCN(CC(=O)N3CCSC(c4ccccc4C)CC3)C2=O)cc1. The zero-order chi connectivity index (χ0) is 22.5. The van der Waals surface area contributed by atoms with Crippen molar-refractivity contribution < 1.29 is 14.3 Å². The number of urea groups is 1. The van der Waals surface area contributed by atoms with E-state index in [2.05, 4.69) is 31.2 Å². The molecule has 2 aliphatic rings. The molecule has 2 fully saturated rings. The number of benzene rings is 2. The normalized spacial score (nSPS) is 19.2. The molecule has 1 unspecified atom stereocenters. The minimum absolute atomic E-state index is 0.0397. The number of hydrogen-bond acceptors (Lipinski definition) is 4. The van der Waals surface area contributed by atoms with Crippen LogP contribution in [0.5, 0.6) is 5.75 Å². The minimum atomic E-state index is -0.107. The van der Waals surface area contributed by atoms with Crippen LogP contribution in [-0.2, 0) is 4.79 Å². The summed E-state index contributed by atoms with van der Waals surface area (Å²) in [6, 6.07) is 15.9. The standard InChI is InChI=1S/C25H31N3O3S/c1-3-31-21-10-8-20(9-11-21)28-15-14-27(25(28)30)18-24(29)26-13-12-23(32-17-16-26)22-7-5-4-6-19(22)2/h4-11,23H,3,12-18H2,1-2H3. The zero-order valence-electron chi connectivity index (χ0n) is 18.8. The molecule has 2 aromatic rings. The van der Waals surface area contributed by atoms with Gasteiger partial charge in [-0.2, -0.15) is 11.8 Å². The number of ether oxygens (including phenoxy) is 1. The van der Waals surface area contributed by atoms with Crippen LogP contribution in [0.2, 0.25) is 0 Å². The fraction of sp³-hybridized carbons (Fsp3) is 0.440. The number of carbonyl (C=O) groups excluding carboxylic acids is 2. The number of amides is 3. The Hall–Kier alpha value is -2.67. The summed E-state index contributed by atoms with van der Waals surface area (Å²) in [6.07, 6.45) is 0.938. The fourth-order valence-corrected chi connectivity index (χ4v) is 5.66. The third-order valence-electron chi connectivity index (χ3n) is 6.11. The summed E-state index contributed by atoms with van der Waals surface area (Å²) in [5, 5.41) is 0.414. The van der Waals surface area contributed by atoms with Gasteiger partial charge in [0.05, 0.1) is 6.61 Å². The van der Waals surface area contributed by atoms with Crippen LogP contribution in [0.15, 0.2) is 48.5 Å². The van der Waals surface area contributed by atoms with Crippen LogP contribution in [0, 0.1) is 6.92 Å². The molecule has 2 aliphatic heterocycles. The molecule has 32 heavy (non-hydrogen) atoms. The second kappa shape index (κ2) is 10.3. The molecule has 170 valence electrons. The fourth-order valence-electron chi connectivity index (χ4n) is 4.34. The number of rotatable bonds is 6. The van der Waals surface area contributed by atoms with Gasteiger partial charge in [-0.05, 0) is 55.7 Å². The Kier molecular flexibility index (Phi) is 7.25. The third kappa shape index (κ3) is 5.04. The van der Waals surface area contributed by atoms with E-state index in [1.54, 1.807) is 9.80 Å². The molecule has 0 saturated carbocycles. The molecule has 7 heteroatoms. The van der Waals surface area contributed by atoms with Crippen LogP contribution in [0.4, 0.5) is 10.5 Å². The Balaban J connectivity index is 1.33. The van der Waals surface area contributed by atoms with Crippen molar-refractivity contribution in [1.29, 1.82) is 0 Å². The van der Waals surface area contributed by atoms with Crippen molar-refractivity contribution in [3.63, 3.8) is 0 Å². The van der Waals surface area contributed by atoms with Crippen LogP contribution in [0.25, 0.3) is 0 Å². The summed E-state index contributed by atoms with van der Waals surface area (Å²) < 4.78 is 5.48. The molecule has 6 nitrogen and oxygen atoms in total. The lowest BCUT2D eigenvalue weighted by Crippen LogP contribution is -2.43. The van der Waals surface area contributed by atoms with E-state index in [-0.39, 0.29) is 18.5 Å². The van der Waals surface area contributed by atoms with Crippen molar-refractivity contribution in [3.8, 4) is 5.75 Å². The summed E-state index contributed by atoms with van der Waals surface area (Å²) in [4.78, 5) is 31.3. The van der Waals surface area contributed by atoms with E-state index in [9.17, 15) is 9.59 Å².